The lowest BCUT2D eigenvalue weighted by molar-refractivity contribution is 0.0795. The van der Waals surface area contributed by atoms with E-state index in [-0.39, 0.29) is 6.04 Å². The number of furan rings is 1. The molecule has 4 nitrogen and oxygen atoms in total. The van der Waals surface area contributed by atoms with E-state index in [1.807, 2.05) is 18.2 Å². The van der Waals surface area contributed by atoms with Crippen molar-refractivity contribution in [1.82, 2.24) is 5.32 Å². The monoisotopic (exact) mass is 289 g/mol. The first kappa shape index (κ1) is 14.4. The summed E-state index contributed by atoms with van der Waals surface area (Å²) in [5.74, 6) is 1.71. The molecule has 4 heteroatoms. The molecule has 0 aliphatic carbocycles. The normalized spacial score (nSPS) is 21.6. The smallest absolute Gasteiger partial charge is 0.176 e. The third-order valence-electron chi connectivity index (χ3n) is 4.21. The van der Waals surface area contributed by atoms with Crippen molar-refractivity contribution in [3.05, 3.63) is 30.0 Å². The minimum atomic E-state index is 0.140. The molecule has 1 aromatic heterocycles. The Morgan fingerprint density at radius 2 is 2.19 bits per heavy atom. The summed E-state index contributed by atoms with van der Waals surface area (Å²) in [5, 5.41) is 4.65. The highest BCUT2D eigenvalue weighted by Gasteiger charge is 2.24. The second kappa shape index (κ2) is 6.08. The predicted molar refractivity (Wildman–Crippen MR) is 82.8 cm³/mol. The molecule has 1 N–H and O–H groups in total. The van der Waals surface area contributed by atoms with E-state index in [1.165, 1.54) is 0 Å². The van der Waals surface area contributed by atoms with Crippen LogP contribution in [-0.4, -0.2) is 25.9 Å². The first-order valence-electron chi connectivity index (χ1n) is 7.63. The van der Waals surface area contributed by atoms with Gasteiger partial charge in [-0.1, -0.05) is 12.1 Å². The molecular formula is C17H23NO3. The van der Waals surface area contributed by atoms with E-state index in [1.54, 1.807) is 7.11 Å². The van der Waals surface area contributed by atoms with Crippen LogP contribution < -0.4 is 10.1 Å². The number of methoxy groups -OCH3 is 1. The van der Waals surface area contributed by atoms with Gasteiger partial charge in [-0.2, -0.15) is 0 Å². The standard InChI is InChI=1S/C17H23NO3/c1-11(14-8-5-9-20-14)18-12(2)16-10-13-6-4-7-15(19-3)17(13)21-16/h4,6-7,10-12,14,18H,5,8-9H2,1-3H3. The fraction of sp³-hybridized carbons (Fsp3) is 0.529. The van der Waals surface area contributed by atoms with Crippen LogP contribution in [0, 0.1) is 0 Å². The number of benzene rings is 1. The van der Waals surface area contributed by atoms with Gasteiger partial charge in [0.2, 0.25) is 0 Å². The maximum atomic E-state index is 5.99. The number of nitrogens with one attached hydrogen (secondary N) is 1. The summed E-state index contributed by atoms with van der Waals surface area (Å²) >= 11 is 0. The molecule has 1 saturated heterocycles. The minimum Gasteiger partial charge on any atom is -0.493 e. The van der Waals surface area contributed by atoms with Crippen molar-refractivity contribution in [3.63, 3.8) is 0 Å². The molecule has 21 heavy (non-hydrogen) atoms. The molecule has 3 rings (SSSR count). The Morgan fingerprint density at radius 1 is 1.33 bits per heavy atom. The molecule has 1 aliphatic rings. The average molecular weight is 289 g/mol. The van der Waals surface area contributed by atoms with E-state index in [4.69, 9.17) is 13.9 Å². The maximum absolute atomic E-state index is 5.99. The van der Waals surface area contributed by atoms with Crippen molar-refractivity contribution in [3.8, 4) is 5.75 Å². The molecule has 2 aromatic rings. The fourth-order valence-corrected chi connectivity index (χ4v) is 3.01. The van der Waals surface area contributed by atoms with Gasteiger partial charge >= 0.3 is 0 Å². The minimum absolute atomic E-state index is 0.140. The Labute approximate surface area is 125 Å². The van der Waals surface area contributed by atoms with Crippen molar-refractivity contribution in [1.29, 1.82) is 0 Å². The molecular weight excluding hydrogens is 266 g/mol. The molecule has 1 aliphatic heterocycles. The molecule has 0 spiro atoms. The van der Waals surface area contributed by atoms with Crippen LogP contribution in [0.15, 0.2) is 28.7 Å². The SMILES string of the molecule is COc1cccc2cc(C(C)NC(C)C3CCCO3)oc12. The van der Waals surface area contributed by atoms with Crippen LogP contribution in [0.5, 0.6) is 5.75 Å². The predicted octanol–water partition coefficient (Wildman–Crippen LogP) is 3.66. The van der Waals surface area contributed by atoms with Crippen molar-refractivity contribution in [2.45, 2.75) is 44.9 Å². The summed E-state index contributed by atoms with van der Waals surface area (Å²) in [4.78, 5) is 0. The Morgan fingerprint density at radius 3 is 2.90 bits per heavy atom. The Kier molecular flexibility index (Phi) is 4.17. The van der Waals surface area contributed by atoms with Crippen LogP contribution in [-0.2, 0) is 4.74 Å². The quantitative estimate of drug-likeness (QED) is 0.912. The van der Waals surface area contributed by atoms with Crippen molar-refractivity contribution in [2.24, 2.45) is 0 Å². The third-order valence-corrected chi connectivity index (χ3v) is 4.21. The number of hydrogen-bond donors (Lipinski definition) is 1. The molecule has 1 fully saturated rings. The van der Waals surface area contributed by atoms with Gasteiger partial charge in [0.15, 0.2) is 11.3 Å². The van der Waals surface area contributed by atoms with E-state index in [9.17, 15) is 0 Å². The molecule has 3 atom stereocenters. The van der Waals surface area contributed by atoms with Crippen molar-refractivity contribution >= 4 is 11.0 Å². The van der Waals surface area contributed by atoms with Crippen LogP contribution in [0.3, 0.4) is 0 Å². The Bertz CT molecular complexity index is 601. The zero-order chi connectivity index (χ0) is 14.8. The van der Waals surface area contributed by atoms with Gasteiger partial charge in [-0.3, -0.25) is 0 Å². The number of para-hydroxylation sites is 1. The molecule has 2 heterocycles. The van der Waals surface area contributed by atoms with Crippen LogP contribution in [0.4, 0.5) is 0 Å². The van der Waals surface area contributed by atoms with E-state index < -0.39 is 0 Å². The molecule has 0 radical (unpaired) electrons. The zero-order valence-corrected chi connectivity index (χ0v) is 12.9. The van der Waals surface area contributed by atoms with Crippen molar-refractivity contribution < 1.29 is 13.9 Å². The van der Waals surface area contributed by atoms with Gasteiger partial charge in [0.1, 0.15) is 5.76 Å². The van der Waals surface area contributed by atoms with Gasteiger partial charge in [-0.25, -0.2) is 0 Å². The summed E-state index contributed by atoms with van der Waals surface area (Å²) in [6, 6.07) is 8.48. The third kappa shape index (κ3) is 2.92. The highest BCUT2D eigenvalue weighted by atomic mass is 16.5. The Balaban J connectivity index is 1.76. The summed E-state index contributed by atoms with van der Waals surface area (Å²) in [5.41, 5.74) is 0.813. The second-order valence-electron chi connectivity index (χ2n) is 5.76. The van der Waals surface area contributed by atoms with Gasteiger partial charge in [0, 0.05) is 18.0 Å². The lowest BCUT2D eigenvalue weighted by atomic mass is 10.1. The average Bonchev–Trinajstić information content (AvgIpc) is 3.15. The highest BCUT2D eigenvalue weighted by Crippen LogP contribution is 2.31. The topological polar surface area (TPSA) is 43.6 Å². The molecule has 0 bridgehead atoms. The maximum Gasteiger partial charge on any atom is 0.176 e. The van der Waals surface area contributed by atoms with Gasteiger partial charge in [-0.15, -0.1) is 0 Å². The summed E-state index contributed by atoms with van der Waals surface area (Å²) in [7, 11) is 1.66. The summed E-state index contributed by atoms with van der Waals surface area (Å²) in [6.45, 7) is 5.18. The van der Waals surface area contributed by atoms with E-state index >= 15 is 0 Å². The van der Waals surface area contributed by atoms with E-state index in [2.05, 4.69) is 25.2 Å². The largest absolute Gasteiger partial charge is 0.493 e. The van der Waals surface area contributed by atoms with Crippen molar-refractivity contribution in [2.75, 3.05) is 13.7 Å². The van der Waals surface area contributed by atoms with Gasteiger partial charge in [0.05, 0.1) is 19.3 Å². The second-order valence-corrected chi connectivity index (χ2v) is 5.76. The van der Waals surface area contributed by atoms with Crippen LogP contribution in [0.1, 0.15) is 38.5 Å². The Hall–Kier alpha value is -1.52. The lowest BCUT2D eigenvalue weighted by Gasteiger charge is -2.23. The number of fused-ring (bicyclic) bond motifs is 1. The lowest BCUT2D eigenvalue weighted by Crippen LogP contribution is -2.38. The van der Waals surface area contributed by atoms with Gasteiger partial charge in [-0.05, 0) is 38.8 Å². The summed E-state index contributed by atoms with van der Waals surface area (Å²) < 4.78 is 17.1. The number of hydrogen-bond acceptors (Lipinski definition) is 4. The molecule has 3 unspecified atom stereocenters. The number of rotatable bonds is 5. The van der Waals surface area contributed by atoms with Crippen LogP contribution in [0.25, 0.3) is 11.0 Å². The fourth-order valence-electron chi connectivity index (χ4n) is 3.01. The molecule has 0 saturated carbocycles. The first-order valence-corrected chi connectivity index (χ1v) is 7.63. The van der Waals surface area contributed by atoms with E-state index in [0.29, 0.717) is 12.1 Å². The molecule has 1 aromatic carbocycles. The van der Waals surface area contributed by atoms with E-state index in [0.717, 1.165) is 41.9 Å². The highest BCUT2D eigenvalue weighted by molar-refractivity contribution is 5.83. The molecule has 0 amide bonds. The molecule has 114 valence electrons. The summed E-state index contributed by atoms with van der Waals surface area (Å²) in [6.07, 6.45) is 2.60. The zero-order valence-electron chi connectivity index (χ0n) is 12.9. The number of ether oxygens (including phenoxy) is 2. The van der Waals surface area contributed by atoms with Crippen LogP contribution in [0.2, 0.25) is 0 Å². The first-order chi connectivity index (χ1) is 10.2. The van der Waals surface area contributed by atoms with Gasteiger partial charge in [0.25, 0.3) is 0 Å². The van der Waals surface area contributed by atoms with Gasteiger partial charge < -0.3 is 19.2 Å². The van der Waals surface area contributed by atoms with Crippen LogP contribution >= 0.6 is 0 Å².